The summed E-state index contributed by atoms with van der Waals surface area (Å²) in [6.45, 7) is 5.34. The normalized spacial score (nSPS) is 11.1. The summed E-state index contributed by atoms with van der Waals surface area (Å²) in [5, 5.41) is 2.90. The van der Waals surface area contributed by atoms with E-state index in [1.165, 1.54) is 13.3 Å². The van der Waals surface area contributed by atoms with Gasteiger partial charge in [0.1, 0.15) is 5.75 Å². The van der Waals surface area contributed by atoms with Crippen LogP contribution in [0.25, 0.3) is 0 Å². The fourth-order valence-electron chi connectivity index (χ4n) is 1.62. The first kappa shape index (κ1) is 14.4. The number of hydrogen-bond acceptors (Lipinski definition) is 4. The third-order valence-electron chi connectivity index (χ3n) is 2.80. The molecule has 18 heavy (non-hydrogen) atoms. The van der Waals surface area contributed by atoms with Crippen molar-refractivity contribution in [1.29, 1.82) is 0 Å². The molecule has 1 heterocycles. The Balaban J connectivity index is 2.66. The lowest BCUT2D eigenvalue weighted by atomic mass is 9.89. The number of pyridine rings is 1. The summed E-state index contributed by atoms with van der Waals surface area (Å²) in [6.07, 6.45) is 3.96. The maximum absolute atomic E-state index is 12.0. The number of ether oxygens (including phenoxy) is 1. The van der Waals surface area contributed by atoms with Crippen LogP contribution in [0.15, 0.2) is 18.5 Å². The van der Waals surface area contributed by atoms with Crippen LogP contribution in [0, 0.1) is 5.41 Å². The van der Waals surface area contributed by atoms with Crippen LogP contribution in [0.4, 0.5) is 0 Å². The molecular formula is C13H21N3O2. The monoisotopic (exact) mass is 251 g/mol. The maximum Gasteiger partial charge on any atom is 0.255 e. The highest BCUT2D eigenvalue weighted by Gasteiger charge is 2.19. The largest absolute Gasteiger partial charge is 0.494 e. The molecule has 0 aliphatic rings. The number of nitrogens with one attached hydrogen (secondary N) is 1. The van der Waals surface area contributed by atoms with E-state index in [1.807, 2.05) is 0 Å². The summed E-state index contributed by atoms with van der Waals surface area (Å²) in [4.78, 5) is 15.9. The van der Waals surface area contributed by atoms with E-state index in [0.717, 1.165) is 6.42 Å². The van der Waals surface area contributed by atoms with Crippen LogP contribution in [0.3, 0.4) is 0 Å². The van der Waals surface area contributed by atoms with E-state index in [9.17, 15) is 4.79 Å². The highest BCUT2D eigenvalue weighted by molar-refractivity contribution is 5.96. The van der Waals surface area contributed by atoms with Gasteiger partial charge in [-0.05, 0) is 24.4 Å². The van der Waals surface area contributed by atoms with Gasteiger partial charge in [0.15, 0.2) is 0 Å². The lowest BCUT2D eigenvalue weighted by molar-refractivity contribution is 0.0932. The van der Waals surface area contributed by atoms with Crippen molar-refractivity contribution in [1.82, 2.24) is 10.3 Å². The standard InChI is InChI=1S/C13H21N3O2/c1-13(2,5-6-14)9-16-12(17)10-4-7-15-8-11(10)18-3/h4,7-8H,5-6,9,14H2,1-3H3,(H,16,17). The molecule has 0 saturated carbocycles. The predicted molar refractivity (Wildman–Crippen MR) is 70.6 cm³/mol. The first-order valence-electron chi connectivity index (χ1n) is 5.96. The van der Waals surface area contributed by atoms with Crippen LogP contribution in [0.5, 0.6) is 5.75 Å². The van der Waals surface area contributed by atoms with E-state index >= 15 is 0 Å². The van der Waals surface area contributed by atoms with Crippen molar-refractivity contribution >= 4 is 5.91 Å². The van der Waals surface area contributed by atoms with Gasteiger partial charge in [0.05, 0.1) is 18.9 Å². The molecule has 0 bridgehead atoms. The fraction of sp³-hybridized carbons (Fsp3) is 0.538. The number of methoxy groups -OCH3 is 1. The average Bonchev–Trinajstić information content (AvgIpc) is 2.36. The molecule has 5 nitrogen and oxygen atoms in total. The number of nitrogens with two attached hydrogens (primary N) is 1. The first-order chi connectivity index (χ1) is 8.50. The van der Waals surface area contributed by atoms with E-state index < -0.39 is 0 Å². The maximum atomic E-state index is 12.0. The van der Waals surface area contributed by atoms with Gasteiger partial charge in [-0.25, -0.2) is 0 Å². The number of carbonyl (C=O) groups is 1. The Bertz CT molecular complexity index is 405. The van der Waals surface area contributed by atoms with Crippen LogP contribution in [-0.4, -0.2) is 31.1 Å². The number of carbonyl (C=O) groups excluding carboxylic acids is 1. The van der Waals surface area contributed by atoms with Gasteiger partial charge in [-0.15, -0.1) is 0 Å². The SMILES string of the molecule is COc1cnccc1C(=O)NCC(C)(C)CCN. The molecule has 5 heteroatoms. The highest BCUT2D eigenvalue weighted by Crippen LogP contribution is 2.19. The minimum Gasteiger partial charge on any atom is -0.494 e. The lowest BCUT2D eigenvalue weighted by Crippen LogP contribution is -2.35. The van der Waals surface area contributed by atoms with Gasteiger partial charge in [-0.1, -0.05) is 13.8 Å². The minimum absolute atomic E-state index is 0.00925. The third kappa shape index (κ3) is 4.00. The molecule has 0 saturated heterocycles. The Morgan fingerprint density at radius 1 is 1.56 bits per heavy atom. The molecule has 3 N–H and O–H groups in total. The van der Waals surface area contributed by atoms with Gasteiger partial charge in [-0.2, -0.15) is 0 Å². The Morgan fingerprint density at radius 2 is 2.28 bits per heavy atom. The second-order valence-electron chi connectivity index (χ2n) is 4.96. The number of aromatic nitrogens is 1. The summed E-state index contributed by atoms with van der Waals surface area (Å²) in [7, 11) is 1.52. The number of hydrogen-bond donors (Lipinski definition) is 2. The smallest absolute Gasteiger partial charge is 0.255 e. The van der Waals surface area contributed by atoms with Gasteiger partial charge < -0.3 is 15.8 Å². The molecule has 0 aromatic carbocycles. The van der Waals surface area contributed by atoms with Gasteiger partial charge >= 0.3 is 0 Å². The fourth-order valence-corrected chi connectivity index (χ4v) is 1.62. The molecule has 0 unspecified atom stereocenters. The summed E-state index contributed by atoms with van der Waals surface area (Å²) in [5.74, 6) is 0.325. The van der Waals surface area contributed by atoms with E-state index in [-0.39, 0.29) is 11.3 Å². The highest BCUT2D eigenvalue weighted by atomic mass is 16.5. The Hall–Kier alpha value is -1.62. The molecule has 1 aromatic rings. The van der Waals surface area contributed by atoms with E-state index in [0.29, 0.717) is 24.4 Å². The minimum atomic E-state index is -0.153. The summed E-state index contributed by atoms with van der Waals surface area (Å²) < 4.78 is 5.10. The van der Waals surface area contributed by atoms with Crippen molar-refractivity contribution in [3.8, 4) is 5.75 Å². The number of rotatable bonds is 6. The van der Waals surface area contributed by atoms with Crippen LogP contribution in [0.2, 0.25) is 0 Å². The Kier molecular flexibility index (Phi) is 5.09. The second-order valence-corrected chi connectivity index (χ2v) is 4.96. The predicted octanol–water partition coefficient (Wildman–Crippen LogP) is 1.19. The van der Waals surface area contributed by atoms with Crippen molar-refractivity contribution < 1.29 is 9.53 Å². The third-order valence-corrected chi connectivity index (χ3v) is 2.80. The zero-order chi connectivity index (χ0) is 13.6. The molecule has 0 aliphatic heterocycles. The van der Waals surface area contributed by atoms with E-state index in [4.69, 9.17) is 10.5 Å². The Morgan fingerprint density at radius 3 is 2.89 bits per heavy atom. The molecule has 0 atom stereocenters. The molecule has 1 amide bonds. The topological polar surface area (TPSA) is 77.2 Å². The van der Waals surface area contributed by atoms with E-state index in [1.54, 1.807) is 12.3 Å². The van der Waals surface area contributed by atoms with E-state index in [2.05, 4.69) is 24.1 Å². The number of amides is 1. The Labute approximate surface area is 108 Å². The number of nitrogens with zero attached hydrogens (tertiary/aromatic N) is 1. The van der Waals surface area contributed by atoms with Crippen LogP contribution < -0.4 is 15.8 Å². The summed E-state index contributed by atoms with van der Waals surface area (Å²) in [6, 6.07) is 1.64. The van der Waals surface area contributed by atoms with Crippen molar-refractivity contribution in [2.24, 2.45) is 11.1 Å². The van der Waals surface area contributed by atoms with Gasteiger partial charge in [0, 0.05) is 12.7 Å². The zero-order valence-electron chi connectivity index (χ0n) is 11.2. The molecule has 1 rings (SSSR count). The van der Waals surface area contributed by atoms with Crippen LogP contribution >= 0.6 is 0 Å². The van der Waals surface area contributed by atoms with Crippen molar-refractivity contribution in [2.75, 3.05) is 20.2 Å². The molecule has 0 aliphatic carbocycles. The quantitative estimate of drug-likeness (QED) is 0.796. The average molecular weight is 251 g/mol. The molecule has 0 spiro atoms. The molecule has 0 fully saturated rings. The molecular weight excluding hydrogens is 230 g/mol. The van der Waals surface area contributed by atoms with Crippen LogP contribution in [-0.2, 0) is 0 Å². The second kappa shape index (κ2) is 6.35. The summed E-state index contributed by atoms with van der Waals surface area (Å²) >= 11 is 0. The summed E-state index contributed by atoms with van der Waals surface area (Å²) in [5.41, 5.74) is 6.02. The van der Waals surface area contributed by atoms with Gasteiger partial charge in [0.25, 0.3) is 5.91 Å². The van der Waals surface area contributed by atoms with Gasteiger partial charge in [-0.3, -0.25) is 9.78 Å². The zero-order valence-corrected chi connectivity index (χ0v) is 11.2. The van der Waals surface area contributed by atoms with Gasteiger partial charge in [0.2, 0.25) is 0 Å². The van der Waals surface area contributed by atoms with Crippen molar-refractivity contribution in [3.63, 3.8) is 0 Å². The van der Waals surface area contributed by atoms with Crippen LogP contribution in [0.1, 0.15) is 30.6 Å². The molecule has 0 radical (unpaired) electrons. The molecule has 1 aromatic heterocycles. The molecule has 100 valence electrons. The first-order valence-corrected chi connectivity index (χ1v) is 5.96. The van der Waals surface area contributed by atoms with Crippen molar-refractivity contribution in [2.45, 2.75) is 20.3 Å². The van der Waals surface area contributed by atoms with Crippen molar-refractivity contribution in [3.05, 3.63) is 24.0 Å². The lowest BCUT2D eigenvalue weighted by Gasteiger charge is -2.24.